The summed E-state index contributed by atoms with van der Waals surface area (Å²) < 4.78 is 24.2. The van der Waals surface area contributed by atoms with Gasteiger partial charge in [-0.15, -0.1) is 0 Å². The predicted octanol–water partition coefficient (Wildman–Crippen LogP) is 3.04. The zero-order valence-corrected chi connectivity index (χ0v) is 16.6. The summed E-state index contributed by atoms with van der Waals surface area (Å²) in [6, 6.07) is 8.16. The molecule has 1 aliphatic carbocycles. The summed E-state index contributed by atoms with van der Waals surface area (Å²) in [6.45, 7) is 2.18. The van der Waals surface area contributed by atoms with Crippen LogP contribution in [0, 0.1) is 5.92 Å². The maximum atomic E-state index is 12.2. The maximum Gasteiger partial charge on any atom is 0.251 e. The zero-order valence-electron chi connectivity index (χ0n) is 14.9. The number of hydrogen-bond acceptors (Lipinski definition) is 4. The molecule has 2 aliphatic heterocycles. The first-order valence-electron chi connectivity index (χ1n) is 9.34. The van der Waals surface area contributed by atoms with E-state index in [1.54, 1.807) is 0 Å². The number of hydrogen-bond donors (Lipinski definition) is 0. The first-order chi connectivity index (χ1) is 12.5. The Bertz CT molecular complexity index is 829. The number of fused-ring (bicyclic) bond motifs is 1. The number of rotatable bonds is 5. The number of anilines is 1. The molecule has 0 unspecified atom stereocenters. The molecule has 2 saturated heterocycles. The van der Waals surface area contributed by atoms with Gasteiger partial charge in [0, 0.05) is 16.9 Å². The van der Waals surface area contributed by atoms with Gasteiger partial charge in [0.1, 0.15) is 0 Å². The average Bonchev–Trinajstić information content (AvgIpc) is 3.34. The van der Waals surface area contributed by atoms with Crippen LogP contribution < -0.4 is 4.90 Å². The molecule has 1 amide bonds. The van der Waals surface area contributed by atoms with Crippen LogP contribution in [0.15, 0.2) is 29.3 Å². The molecule has 0 radical (unpaired) electrons. The third kappa shape index (κ3) is 3.69. The Morgan fingerprint density at radius 3 is 2.62 bits per heavy atom. The van der Waals surface area contributed by atoms with Crippen LogP contribution in [0.25, 0.3) is 0 Å². The van der Waals surface area contributed by atoms with Crippen LogP contribution in [0.4, 0.5) is 5.69 Å². The minimum atomic E-state index is -3.02. The van der Waals surface area contributed by atoms with Crippen LogP contribution in [0.2, 0.25) is 0 Å². The Labute approximate surface area is 159 Å². The number of carbonyl (C=O) groups excluding carboxylic acids is 1. The lowest BCUT2D eigenvalue weighted by molar-refractivity contribution is -0.118. The van der Waals surface area contributed by atoms with Gasteiger partial charge in [-0.2, -0.15) is 4.99 Å². The standard InChI is InChI=1S/C19H24N2O3S2/c1-2-3-4-13-5-9-15(10-6-13)21-16-11-26(23,24)12-17(16)25-19(21)20-18(22)14-7-8-14/h5-6,9-10,14,16-17H,2-4,7-8,11-12H2,1H3/t16-,17-/m1/s1. The summed E-state index contributed by atoms with van der Waals surface area (Å²) in [5.74, 6) is 0.327. The van der Waals surface area contributed by atoms with Gasteiger partial charge in [0.05, 0.1) is 17.5 Å². The fraction of sp³-hybridized carbons (Fsp3) is 0.579. The fourth-order valence-electron chi connectivity index (χ4n) is 3.59. The number of thioether (sulfide) groups is 1. The van der Waals surface area contributed by atoms with Crippen molar-refractivity contribution in [3.63, 3.8) is 0 Å². The van der Waals surface area contributed by atoms with Crippen LogP contribution in [0.1, 0.15) is 38.2 Å². The number of aliphatic imine (C=N–C) groups is 1. The molecule has 0 aromatic heterocycles. The molecule has 1 aromatic carbocycles. The first kappa shape index (κ1) is 18.0. The Morgan fingerprint density at radius 2 is 1.96 bits per heavy atom. The minimum Gasteiger partial charge on any atom is -0.316 e. The van der Waals surface area contributed by atoms with Gasteiger partial charge in [0.15, 0.2) is 15.0 Å². The second-order valence-electron chi connectivity index (χ2n) is 7.45. The number of aryl methyl sites for hydroxylation is 1. The Hall–Kier alpha value is -1.34. The lowest BCUT2D eigenvalue weighted by Gasteiger charge is -2.24. The van der Waals surface area contributed by atoms with Crippen molar-refractivity contribution in [3.8, 4) is 0 Å². The molecule has 26 heavy (non-hydrogen) atoms. The normalized spacial score (nSPS) is 28.5. The molecule has 3 fully saturated rings. The second kappa shape index (κ2) is 7.00. The summed E-state index contributed by atoms with van der Waals surface area (Å²) in [4.78, 5) is 18.6. The molecule has 0 bridgehead atoms. The van der Waals surface area contributed by atoms with Crippen LogP contribution >= 0.6 is 11.8 Å². The van der Waals surface area contributed by atoms with Gasteiger partial charge in [0.25, 0.3) is 5.91 Å². The molecule has 3 aliphatic rings. The predicted molar refractivity (Wildman–Crippen MR) is 107 cm³/mol. The molecular weight excluding hydrogens is 368 g/mol. The van der Waals surface area contributed by atoms with Crippen molar-refractivity contribution in [1.29, 1.82) is 0 Å². The SMILES string of the molecule is CCCCc1ccc(N2C(=NC(=O)C3CC3)S[C@@H]3CS(=O)(=O)C[C@H]32)cc1. The maximum absolute atomic E-state index is 12.2. The average molecular weight is 393 g/mol. The Balaban J connectivity index is 1.62. The largest absolute Gasteiger partial charge is 0.316 e. The lowest BCUT2D eigenvalue weighted by Crippen LogP contribution is -2.37. The van der Waals surface area contributed by atoms with E-state index < -0.39 is 9.84 Å². The molecule has 2 heterocycles. The van der Waals surface area contributed by atoms with Gasteiger partial charge in [-0.1, -0.05) is 37.2 Å². The zero-order chi connectivity index (χ0) is 18.3. The monoisotopic (exact) mass is 392 g/mol. The van der Waals surface area contributed by atoms with E-state index in [0.717, 1.165) is 37.8 Å². The van der Waals surface area contributed by atoms with E-state index in [-0.39, 0.29) is 34.6 Å². The van der Waals surface area contributed by atoms with Crippen molar-refractivity contribution < 1.29 is 13.2 Å². The van der Waals surface area contributed by atoms with E-state index in [1.165, 1.54) is 17.3 Å². The highest BCUT2D eigenvalue weighted by atomic mass is 32.2. The summed E-state index contributed by atoms with van der Waals surface area (Å²) in [7, 11) is -3.02. The highest BCUT2D eigenvalue weighted by Gasteiger charge is 2.49. The van der Waals surface area contributed by atoms with Crippen molar-refractivity contribution >= 4 is 38.4 Å². The number of amides is 1. The van der Waals surface area contributed by atoms with Crippen molar-refractivity contribution in [2.24, 2.45) is 10.9 Å². The second-order valence-corrected chi connectivity index (χ2v) is 10.8. The summed E-state index contributed by atoms with van der Waals surface area (Å²) in [6.07, 6.45) is 5.21. The van der Waals surface area contributed by atoms with E-state index in [2.05, 4.69) is 24.0 Å². The van der Waals surface area contributed by atoms with E-state index in [4.69, 9.17) is 0 Å². The Morgan fingerprint density at radius 1 is 1.23 bits per heavy atom. The van der Waals surface area contributed by atoms with Crippen molar-refractivity contribution in [3.05, 3.63) is 29.8 Å². The number of benzene rings is 1. The third-order valence-electron chi connectivity index (χ3n) is 5.23. The van der Waals surface area contributed by atoms with Crippen LogP contribution in [0.5, 0.6) is 0 Å². The summed E-state index contributed by atoms with van der Waals surface area (Å²) in [5, 5.41) is 0.638. The number of nitrogens with zero attached hydrogens (tertiary/aromatic N) is 2. The van der Waals surface area contributed by atoms with Gasteiger partial charge in [0.2, 0.25) is 0 Å². The highest BCUT2D eigenvalue weighted by Crippen LogP contribution is 2.41. The molecular formula is C19H24N2O3S2. The van der Waals surface area contributed by atoms with Crippen LogP contribution in [-0.2, 0) is 21.1 Å². The number of unbranched alkanes of at least 4 members (excludes halogenated alkanes) is 1. The minimum absolute atomic E-state index is 0.0366. The molecule has 4 rings (SSSR count). The van der Waals surface area contributed by atoms with E-state index in [9.17, 15) is 13.2 Å². The van der Waals surface area contributed by atoms with Gasteiger partial charge in [-0.05, 0) is 43.4 Å². The number of sulfone groups is 1. The molecule has 140 valence electrons. The van der Waals surface area contributed by atoms with Gasteiger partial charge < -0.3 is 4.90 Å². The van der Waals surface area contributed by atoms with E-state index >= 15 is 0 Å². The molecule has 0 N–H and O–H groups in total. The number of amidine groups is 1. The molecule has 1 aromatic rings. The van der Waals surface area contributed by atoms with Crippen molar-refractivity contribution in [2.45, 2.75) is 50.3 Å². The number of carbonyl (C=O) groups is 1. The molecule has 2 atom stereocenters. The summed E-state index contributed by atoms with van der Waals surface area (Å²) >= 11 is 1.45. The smallest absolute Gasteiger partial charge is 0.251 e. The summed E-state index contributed by atoms with van der Waals surface area (Å²) in [5.41, 5.74) is 2.22. The van der Waals surface area contributed by atoms with E-state index in [0.29, 0.717) is 5.17 Å². The Kier molecular flexibility index (Phi) is 4.86. The van der Waals surface area contributed by atoms with Crippen LogP contribution in [0.3, 0.4) is 0 Å². The van der Waals surface area contributed by atoms with Gasteiger partial charge >= 0.3 is 0 Å². The molecule has 0 spiro atoms. The van der Waals surface area contributed by atoms with Gasteiger partial charge in [-0.3, -0.25) is 4.79 Å². The quantitative estimate of drug-likeness (QED) is 0.770. The third-order valence-corrected chi connectivity index (χ3v) is 8.44. The van der Waals surface area contributed by atoms with Crippen molar-refractivity contribution in [1.82, 2.24) is 0 Å². The van der Waals surface area contributed by atoms with Gasteiger partial charge in [-0.25, -0.2) is 8.42 Å². The lowest BCUT2D eigenvalue weighted by atomic mass is 10.1. The molecule has 7 heteroatoms. The first-order valence-corrected chi connectivity index (χ1v) is 12.0. The highest BCUT2D eigenvalue weighted by molar-refractivity contribution is 8.16. The van der Waals surface area contributed by atoms with Crippen molar-refractivity contribution in [2.75, 3.05) is 16.4 Å². The van der Waals surface area contributed by atoms with Crippen LogP contribution in [-0.4, -0.2) is 42.3 Å². The fourth-order valence-corrected chi connectivity index (χ4v) is 7.51. The molecule has 1 saturated carbocycles. The topological polar surface area (TPSA) is 66.8 Å². The molecule has 5 nitrogen and oxygen atoms in total. The van der Waals surface area contributed by atoms with E-state index in [1.807, 2.05) is 17.0 Å².